The average Bonchev–Trinajstić information content (AvgIpc) is 3.31. The highest BCUT2D eigenvalue weighted by Crippen LogP contribution is 2.37. The highest BCUT2D eigenvalue weighted by molar-refractivity contribution is 7.89. The van der Waals surface area contributed by atoms with Crippen molar-refractivity contribution in [3.05, 3.63) is 33.9 Å². The molecule has 0 heterocycles. The van der Waals surface area contributed by atoms with E-state index in [1.165, 1.54) is 22.5 Å². The normalized spacial score (nSPS) is 16.1. The third-order valence-electron chi connectivity index (χ3n) is 4.16. The molecule has 1 saturated carbocycles. The minimum Gasteiger partial charge on any atom is -0.258 e. The summed E-state index contributed by atoms with van der Waals surface area (Å²) in [6.07, 6.45) is 2.08. The Morgan fingerprint density at radius 3 is 2.61 bits per heavy atom. The van der Waals surface area contributed by atoms with Gasteiger partial charge in [0.2, 0.25) is 10.0 Å². The second-order valence-electron chi connectivity index (χ2n) is 5.81. The molecule has 0 N–H and O–H groups in total. The van der Waals surface area contributed by atoms with Crippen molar-refractivity contribution in [1.29, 1.82) is 5.26 Å². The minimum atomic E-state index is -3.79. The Balaban J connectivity index is 2.40. The second kappa shape index (κ2) is 6.64. The van der Waals surface area contributed by atoms with Crippen LogP contribution in [0, 0.1) is 34.3 Å². The van der Waals surface area contributed by atoms with E-state index in [2.05, 4.69) is 0 Å². The number of hydrogen-bond acceptors (Lipinski definition) is 5. The number of benzene rings is 1. The molecule has 1 aliphatic carbocycles. The number of sulfonamides is 1. The fraction of sp³-hybridized carbons (Fsp3) is 0.533. The number of nitro groups is 1. The van der Waals surface area contributed by atoms with Crippen LogP contribution in [0.2, 0.25) is 0 Å². The first-order valence-corrected chi connectivity index (χ1v) is 8.87. The first kappa shape index (κ1) is 17.4. The van der Waals surface area contributed by atoms with Crippen LogP contribution in [0.5, 0.6) is 0 Å². The van der Waals surface area contributed by atoms with Crippen LogP contribution in [0.1, 0.15) is 31.7 Å². The molecule has 1 aromatic carbocycles. The van der Waals surface area contributed by atoms with Crippen LogP contribution in [-0.4, -0.2) is 30.2 Å². The van der Waals surface area contributed by atoms with Gasteiger partial charge in [0.15, 0.2) is 0 Å². The molecule has 0 aliphatic heterocycles. The van der Waals surface area contributed by atoms with Gasteiger partial charge in [-0.1, -0.05) is 0 Å². The summed E-state index contributed by atoms with van der Waals surface area (Å²) in [4.78, 5) is 10.3. The lowest BCUT2D eigenvalue weighted by atomic mass is 10.2. The Labute approximate surface area is 135 Å². The van der Waals surface area contributed by atoms with E-state index in [1.54, 1.807) is 6.92 Å². The van der Waals surface area contributed by atoms with E-state index >= 15 is 0 Å². The summed E-state index contributed by atoms with van der Waals surface area (Å²) in [5, 5.41) is 19.6. The van der Waals surface area contributed by atoms with Gasteiger partial charge in [0.05, 0.1) is 15.9 Å². The van der Waals surface area contributed by atoms with Gasteiger partial charge in [0, 0.05) is 31.1 Å². The van der Waals surface area contributed by atoms with Gasteiger partial charge in [-0.15, -0.1) is 0 Å². The van der Waals surface area contributed by atoms with Crippen LogP contribution in [0.25, 0.3) is 0 Å². The molecule has 0 radical (unpaired) electrons. The Morgan fingerprint density at radius 2 is 2.13 bits per heavy atom. The molecule has 23 heavy (non-hydrogen) atoms. The molecule has 1 unspecified atom stereocenters. The van der Waals surface area contributed by atoms with Crippen molar-refractivity contribution in [2.75, 3.05) is 6.54 Å². The minimum absolute atomic E-state index is 0.0635. The summed E-state index contributed by atoms with van der Waals surface area (Å²) in [7, 11) is -3.79. The highest BCUT2D eigenvalue weighted by atomic mass is 32.2. The average molecular weight is 337 g/mol. The molecule has 0 saturated heterocycles. The van der Waals surface area contributed by atoms with Crippen molar-refractivity contribution in [2.24, 2.45) is 5.92 Å². The van der Waals surface area contributed by atoms with Crippen molar-refractivity contribution in [3.63, 3.8) is 0 Å². The maximum absolute atomic E-state index is 13.0. The molecule has 0 bridgehead atoms. The van der Waals surface area contributed by atoms with E-state index in [0.717, 1.165) is 12.8 Å². The van der Waals surface area contributed by atoms with E-state index in [9.17, 15) is 18.5 Å². The van der Waals surface area contributed by atoms with Crippen LogP contribution in [0.3, 0.4) is 0 Å². The van der Waals surface area contributed by atoms with Crippen LogP contribution in [-0.2, 0) is 10.0 Å². The highest BCUT2D eigenvalue weighted by Gasteiger charge is 2.38. The molecular formula is C15H19N3O4S. The molecule has 1 aliphatic rings. The van der Waals surface area contributed by atoms with Crippen LogP contribution in [0.15, 0.2) is 23.1 Å². The molecular weight excluding hydrogens is 318 g/mol. The van der Waals surface area contributed by atoms with Gasteiger partial charge < -0.3 is 0 Å². The van der Waals surface area contributed by atoms with Gasteiger partial charge in [-0.25, -0.2) is 8.42 Å². The van der Waals surface area contributed by atoms with Crippen LogP contribution >= 0.6 is 0 Å². The van der Waals surface area contributed by atoms with E-state index in [4.69, 9.17) is 5.26 Å². The lowest BCUT2D eigenvalue weighted by Gasteiger charge is -2.28. The van der Waals surface area contributed by atoms with Gasteiger partial charge in [0.25, 0.3) is 5.69 Å². The van der Waals surface area contributed by atoms with Crippen molar-refractivity contribution in [3.8, 4) is 6.07 Å². The molecule has 1 atom stereocenters. The number of non-ortho nitro benzene ring substituents is 1. The number of nitro benzene ring substituents is 1. The number of aryl methyl sites for hydroxylation is 1. The largest absolute Gasteiger partial charge is 0.269 e. The van der Waals surface area contributed by atoms with Crippen molar-refractivity contribution < 1.29 is 13.3 Å². The topological polar surface area (TPSA) is 104 Å². The van der Waals surface area contributed by atoms with E-state index in [-0.39, 0.29) is 29.6 Å². The smallest absolute Gasteiger partial charge is 0.258 e. The summed E-state index contributed by atoms with van der Waals surface area (Å²) < 4.78 is 27.3. The zero-order valence-corrected chi connectivity index (χ0v) is 13.9. The molecule has 0 aromatic heterocycles. The second-order valence-corrected chi connectivity index (χ2v) is 7.67. The molecule has 124 valence electrons. The zero-order chi connectivity index (χ0) is 17.2. The molecule has 1 aromatic rings. The zero-order valence-electron chi connectivity index (χ0n) is 13.1. The molecule has 8 heteroatoms. The van der Waals surface area contributed by atoms with Gasteiger partial charge in [0.1, 0.15) is 0 Å². The summed E-state index contributed by atoms with van der Waals surface area (Å²) in [6, 6.07) is 5.54. The Bertz CT molecular complexity index is 750. The third kappa shape index (κ3) is 3.68. The Morgan fingerprint density at radius 1 is 1.48 bits per heavy atom. The fourth-order valence-corrected chi connectivity index (χ4v) is 4.58. The number of nitriles is 1. The standard InChI is InChI=1S/C15H19N3O4S/c1-11-10-14(18(19)20)6-7-15(11)23(21,22)17(9-3-8-16)12(2)13-4-5-13/h6-7,10,12-13H,3-5,9H2,1-2H3. The molecule has 2 rings (SSSR count). The summed E-state index contributed by atoms with van der Waals surface area (Å²) >= 11 is 0. The van der Waals surface area contributed by atoms with Crippen molar-refractivity contribution in [1.82, 2.24) is 4.31 Å². The molecule has 0 spiro atoms. The van der Waals surface area contributed by atoms with E-state index in [1.807, 2.05) is 13.0 Å². The first-order valence-electron chi connectivity index (χ1n) is 7.43. The van der Waals surface area contributed by atoms with Gasteiger partial charge in [-0.05, 0) is 44.2 Å². The number of nitrogens with zero attached hydrogens (tertiary/aromatic N) is 3. The molecule has 0 amide bonds. The van der Waals surface area contributed by atoms with Gasteiger partial charge in [-0.3, -0.25) is 10.1 Å². The van der Waals surface area contributed by atoms with Gasteiger partial charge >= 0.3 is 0 Å². The first-order chi connectivity index (χ1) is 10.8. The summed E-state index contributed by atoms with van der Waals surface area (Å²) in [6.45, 7) is 3.53. The number of hydrogen-bond donors (Lipinski definition) is 0. The summed E-state index contributed by atoms with van der Waals surface area (Å²) in [5.74, 6) is 0.321. The quantitative estimate of drug-likeness (QED) is 0.562. The van der Waals surface area contributed by atoms with Crippen LogP contribution < -0.4 is 0 Å². The van der Waals surface area contributed by atoms with Crippen molar-refractivity contribution in [2.45, 2.75) is 44.0 Å². The van der Waals surface area contributed by atoms with E-state index in [0.29, 0.717) is 11.5 Å². The molecule has 1 fully saturated rings. The predicted octanol–water partition coefficient (Wildman–Crippen LogP) is 2.61. The SMILES string of the molecule is Cc1cc([N+](=O)[O-])ccc1S(=O)(=O)N(CCC#N)C(C)C1CC1. The maximum Gasteiger partial charge on any atom is 0.269 e. The monoisotopic (exact) mass is 337 g/mol. The van der Waals surface area contributed by atoms with Crippen LogP contribution in [0.4, 0.5) is 5.69 Å². The fourth-order valence-electron chi connectivity index (χ4n) is 2.68. The third-order valence-corrected chi connectivity index (χ3v) is 6.30. The lowest BCUT2D eigenvalue weighted by Crippen LogP contribution is -2.40. The van der Waals surface area contributed by atoms with Gasteiger partial charge in [-0.2, -0.15) is 9.57 Å². The Kier molecular flexibility index (Phi) is 5.02. The lowest BCUT2D eigenvalue weighted by molar-refractivity contribution is -0.385. The van der Waals surface area contributed by atoms with Crippen molar-refractivity contribution >= 4 is 15.7 Å². The Hall–Kier alpha value is -1.98. The predicted molar refractivity (Wildman–Crippen MR) is 84.1 cm³/mol. The van der Waals surface area contributed by atoms with E-state index < -0.39 is 14.9 Å². The molecule has 7 nitrogen and oxygen atoms in total. The maximum atomic E-state index is 13.0. The number of rotatable bonds is 7. The summed E-state index contributed by atoms with van der Waals surface area (Å²) in [5.41, 5.74) is 0.199.